The van der Waals surface area contributed by atoms with Gasteiger partial charge in [0.05, 0.1) is 24.3 Å². The Labute approximate surface area is 365 Å². The number of rotatable bonds is 3. The molecule has 343 valence electrons. The number of halogens is 6. The van der Waals surface area contributed by atoms with Crippen LogP contribution >= 0.6 is 0 Å². The standard InChI is InChI=1S/3C7H14.4C2H3N.2CHF3O3S.2CH4.3CH3.2Ru/c3*1-2-7-5-3-4-6-7;4*1-2-3;2*2-1(3,4)8(5,6)7;;;;;;;/h3*7H,2-6H2,1H3;4*1H3;2*(H,5,6,7);2*1H4;3*1H3;;/q;;;;;;;;;;;3*-1;+1;+2/p-1. The first kappa shape index (κ1) is 90.6. The second kappa shape index (κ2) is 57.9. The van der Waals surface area contributed by atoms with Crippen molar-refractivity contribution in [3.05, 3.63) is 22.3 Å². The van der Waals surface area contributed by atoms with Gasteiger partial charge in [-0.15, -0.1) is 0 Å². The van der Waals surface area contributed by atoms with Gasteiger partial charge >= 0.3 is 60.1 Å². The molecule has 1 N–H and O–H groups in total. The van der Waals surface area contributed by atoms with Gasteiger partial charge in [0.1, 0.15) is 0 Å². The van der Waals surface area contributed by atoms with Crippen LogP contribution < -0.4 is 0 Å². The van der Waals surface area contributed by atoms with E-state index in [-0.39, 0.29) is 76.1 Å². The Morgan fingerprint density at radius 3 is 0.696 bits per heavy atom. The second-order valence-corrected chi connectivity index (χ2v) is 13.2. The fourth-order valence-corrected chi connectivity index (χ4v) is 4.26. The van der Waals surface area contributed by atoms with E-state index in [9.17, 15) is 26.3 Å². The molecule has 0 aliphatic heterocycles. The minimum Gasteiger partial charge on any atom is -0.741 e. The third kappa shape index (κ3) is 73.7. The van der Waals surface area contributed by atoms with Gasteiger partial charge in [-0.1, -0.05) is 132 Å². The van der Waals surface area contributed by atoms with Gasteiger partial charge in [-0.25, -0.2) is 8.42 Å². The van der Waals surface area contributed by atoms with E-state index >= 15 is 0 Å². The summed E-state index contributed by atoms with van der Waals surface area (Å²) < 4.78 is 116. The number of hydrogen-bond acceptors (Lipinski definition) is 9. The van der Waals surface area contributed by atoms with Crippen LogP contribution in [0.1, 0.15) is 160 Å². The number of alkyl halides is 6. The van der Waals surface area contributed by atoms with Crippen LogP contribution in [0, 0.1) is 85.4 Å². The third-order valence-corrected chi connectivity index (χ3v) is 7.88. The van der Waals surface area contributed by atoms with Gasteiger partial charge in [0, 0.05) is 27.7 Å². The number of nitriles is 4. The Morgan fingerprint density at radius 2 is 0.661 bits per heavy atom. The first-order chi connectivity index (χ1) is 22.5. The minimum absolute atomic E-state index is 0. The van der Waals surface area contributed by atoms with Crippen LogP contribution in [0.5, 0.6) is 0 Å². The molecule has 0 heterocycles. The summed E-state index contributed by atoms with van der Waals surface area (Å²) in [6.07, 6.45) is 22.3. The molecule has 0 aromatic rings. The number of hydrogen-bond donors (Lipinski definition) is 1. The van der Waals surface area contributed by atoms with Crippen LogP contribution in [0.25, 0.3) is 0 Å². The molecular weight excluding hydrogens is 965 g/mol. The average molecular weight is 1040 g/mol. The van der Waals surface area contributed by atoms with Crippen molar-refractivity contribution in [2.75, 3.05) is 0 Å². The van der Waals surface area contributed by atoms with Gasteiger partial charge in [0.2, 0.25) is 0 Å². The van der Waals surface area contributed by atoms with E-state index in [0.29, 0.717) is 0 Å². The van der Waals surface area contributed by atoms with Gasteiger partial charge in [-0.05, 0) is 17.8 Å². The smallest absolute Gasteiger partial charge is 0.741 e. The Kier molecular flexibility index (Phi) is 93.8. The van der Waals surface area contributed by atoms with E-state index in [4.69, 9.17) is 47.0 Å². The zero-order valence-corrected chi connectivity index (χ0v) is 38.5. The van der Waals surface area contributed by atoms with Crippen LogP contribution in [0.3, 0.4) is 0 Å². The molecule has 10 nitrogen and oxygen atoms in total. The average Bonchev–Trinajstić information content (AvgIpc) is 3.78. The van der Waals surface area contributed by atoms with Crippen molar-refractivity contribution in [2.45, 2.75) is 171 Å². The Bertz CT molecular complexity index is 1010. The molecule has 0 aromatic carbocycles. The van der Waals surface area contributed by atoms with Crippen molar-refractivity contribution in [1.82, 2.24) is 0 Å². The predicted molar refractivity (Wildman–Crippen MR) is 208 cm³/mol. The molecular formula is C36H72F6N4O6Ru2S2-. The van der Waals surface area contributed by atoms with E-state index in [1.54, 1.807) is 24.3 Å². The summed E-state index contributed by atoms with van der Waals surface area (Å²) in [6, 6.07) is 7.00. The van der Waals surface area contributed by atoms with Crippen LogP contribution in [0.4, 0.5) is 26.3 Å². The summed E-state index contributed by atoms with van der Waals surface area (Å²) in [6.45, 7) is 12.6. The van der Waals surface area contributed by atoms with E-state index in [2.05, 4.69) is 20.8 Å². The van der Waals surface area contributed by atoms with Crippen LogP contribution in [-0.2, 0) is 59.2 Å². The van der Waals surface area contributed by atoms with Crippen molar-refractivity contribution in [3.8, 4) is 24.3 Å². The topological polar surface area (TPSA) is 207 Å². The Balaban J connectivity index is -0.0000000341. The molecule has 3 aliphatic rings. The maximum atomic E-state index is 10.7. The van der Waals surface area contributed by atoms with E-state index < -0.39 is 31.3 Å². The van der Waals surface area contributed by atoms with Crippen molar-refractivity contribution < 1.29 is 91.2 Å². The third-order valence-electron chi connectivity index (χ3n) is 6.73. The fourth-order valence-electron chi connectivity index (χ4n) is 4.26. The van der Waals surface area contributed by atoms with Crippen LogP contribution in [0.2, 0.25) is 0 Å². The maximum absolute atomic E-state index is 10.7. The van der Waals surface area contributed by atoms with Gasteiger partial charge in [0.15, 0.2) is 10.1 Å². The zero-order chi connectivity index (χ0) is 40.2. The maximum Gasteiger partial charge on any atom is 2.00 e. The van der Waals surface area contributed by atoms with E-state index in [1.165, 1.54) is 124 Å². The summed E-state index contributed by atoms with van der Waals surface area (Å²) in [5, 5.41) is 29.3. The molecule has 0 amide bonds. The number of nitrogens with zero attached hydrogens (tertiary/aromatic N) is 4. The summed E-state index contributed by atoms with van der Waals surface area (Å²) in [5.41, 5.74) is -11.2. The van der Waals surface area contributed by atoms with E-state index in [1.807, 2.05) is 0 Å². The molecule has 20 heteroatoms. The van der Waals surface area contributed by atoms with Crippen molar-refractivity contribution in [3.63, 3.8) is 0 Å². The largest absolute Gasteiger partial charge is 2.00 e. The zero-order valence-electron chi connectivity index (χ0n) is 33.4. The molecule has 3 fully saturated rings. The molecule has 0 unspecified atom stereocenters. The van der Waals surface area contributed by atoms with Crippen molar-refractivity contribution in [1.29, 1.82) is 21.0 Å². The molecule has 3 rings (SSSR count). The molecule has 3 aliphatic carbocycles. The molecule has 1 radical (unpaired) electrons. The van der Waals surface area contributed by atoms with Crippen molar-refractivity contribution in [2.24, 2.45) is 17.8 Å². The van der Waals surface area contributed by atoms with Crippen LogP contribution in [-0.4, -0.2) is 37.0 Å². The normalized spacial score (nSPS) is 13.4. The molecule has 0 bridgehead atoms. The van der Waals surface area contributed by atoms with Crippen molar-refractivity contribution >= 4 is 20.2 Å². The predicted octanol–water partition coefficient (Wildman–Crippen LogP) is 12.9. The summed E-state index contributed by atoms with van der Waals surface area (Å²) in [5.74, 6) is 3.29. The molecule has 0 aromatic heterocycles. The summed E-state index contributed by atoms with van der Waals surface area (Å²) in [7, 11) is -11.9. The van der Waals surface area contributed by atoms with Gasteiger partial charge < -0.3 is 26.8 Å². The monoisotopic (exact) mass is 1040 g/mol. The van der Waals surface area contributed by atoms with Gasteiger partial charge in [0.25, 0.3) is 0 Å². The summed E-state index contributed by atoms with van der Waals surface area (Å²) >= 11 is 0. The second-order valence-electron chi connectivity index (χ2n) is 10.4. The minimum atomic E-state index is -6.09. The SMILES string of the molecule is C.C.CC#N.CC#N.CC#N.CC#N.CCC1CCCC1.CCC1CCCC1.CCC1CCCC1.O=S(=O)(O)C(F)(F)F.O=S(=O)([O-])C(F)(F)F.[CH3-].[CH3-].[CH3-].[Ru+2].[Ru+]. The fraction of sp³-hybridized carbons (Fsp3) is 0.806. The van der Waals surface area contributed by atoms with Crippen LogP contribution in [0.15, 0.2) is 0 Å². The molecule has 0 saturated heterocycles. The molecule has 0 spiro atoms. The quantitative estimate of drug-likeness (QED) is 0.0930. The Morgan fingerprint density at radius 1 is 0.554 bits per heavy atom. The first-order valence-corrected chi connectivity index (χ1v) is 18.6. The van der Waals surface area contributed by atoms with Gasteiger partial charge in [-0.2, -0.15) is 55.8 Å². The molecule has 56 heavy (non-hydrogen) atoms. The van der Waals surface area contributed by atoms with Gasteiger partial charge in [-0.3, -0.25) is 4.55 Å². The molecule has 0 atom stereocenters. The van der Waals surface area contributed by atoms with E-state index in [0.717, 1.165) is 17.8 Å². The summed E-state index contributed by atoms with van der Waals surface area (Å²) in [4.78, 5) is 0. The first-order valence-electron chi connectivity index (χ1n) is 15.7. The molecule has 3 saturated carbocycles. The Hall–Kier alpha value is -1.39.